The van der Waals surface area contributed by atoms with E-state index in [1.165, 1.54) is 66.4 Å². The summed E-state index contributed by atoms with van der Waals surface area (Å²) in [6, 6.07) is 74.0. The molecule has 0 radical (unpaired) electrons. The summed E-state index contributed by atoms with van der Waals surface area (Å²) in [5.41, 5.74) is 15.8. The second-order valence-electron chi connectivity index (χ2n) is 17.2. The molecule has 9 aromatic rings. The quantitative estimate of drug-likeness (QED) is 0.148. The first kappa shape index (κ1) is 37.1. The van der Waals surface area contributed by atoms with Crippen LogP contribution in [0.15, 0.2) is 249 Å². The molecule has 0 bridgehead atoms. The molecule has 0 N–H and O–H groups in total. The Morgan fingerprint density at radius 1 is 0.444 bits per heavy atom. The van der Waals surface area contributed by atoms with Crippen molar-refractivity contribution in [1.29, 1.82) is 0 Å². The molecule has 0 saturated heterocycles. The van der Waals surface area contributed by atoms with Gasteiger partial charge in [-0.25, -0.2) is 0 Å². The van der Waals surface area contributed by atoms with Gasteiger partial charge in [-0.1, -0.05) is 182 Å². The van der Waals surface area contributed by atoms with Gasteiger partial charge in [-0.2, -0.15) is 0 Å². The van der Waals surface area contributed by atoms with Crippen LogP contribution in [0.2, 0.25) is 0 Å². The van der Waals surface area contributed by atoms with Crippen LogP contribution in [0.3, 0.4) is 0 Å². The molecule has 2 unspecified atom stereocenters. The molecule has 2 heteroatoms. The van der Waals surface area contributed by atoms with Gasteiger partial charge in [0.05, 0.1) is 11.0 Å². The van der Waals surface area contributed by atoms with Crippen LogP contribution in [0.4, 0.5) is 17.1 Å². The van der Waals surface area contributed by atoms with Gasteiger partial charge in [0, 0.05) is 50.8 Å². The minimum Gasteiger partial charge on any atom is -0.310 e. The minimum absolute atomic E-state index is 0.241. The maximum absolute atomic E-state index is 2.53. The van der Waals surface area contributed by atoms with Crippen LogP contribution in [0.25, 0.3) is 49.7 Å². The van der Waals surface area contributed by atoms with E-state index in [4.69, 9.17) is 0 Å². The zero-order chi connectivity index (χ0) is 41.7. The molecule has 8 aromatic carbocycles. The Balaban J connectivity index is 1.00. The fourth-order valence-corrected chi connectivity index (χ4v) is 11.2. The largest absolute Gasteiger partial charge is 0.310 e. The first-order valence-corrected chi connectivity index (χ1v) is 22.3. The summed E-state index contributed by atoms with van der Waals surface area (Å²) in [6.07, 6.45) is 19.7. The molecular weight excluding hydrogens is 761 g/mol. The monoisotopic (exact) mass is 806 g/mol. The third kappa shape index (κ3) is 6.09. The average Bonchev–Trinajstić information content (AvgIpc) is 3.86. The van der Waals surface area contributed by atoms with Crippen LogP contribution in [0.1, 0.15) is 29.0 Å². The van der Waals surface area contributed by atoms with Gasteiger partial charge in [-0.15, -0.1) is 0 Å². The maximum atomic E-state index is 2.53. The number of para-hydroxylation sites is 2. The van der Waals surface area contributed by atoms with Crippen molar-refractivity contribution < 1.29 is 0 Å². The standard InChI is InChI=1S/C61H46N2/c1-5-17-43(18-6-1)44-29-34-50(35-30-44)62(51-36-31-45(32-37-51)46-33-40-60-56(41-46)55-26-14-16-28-59(55)63(60)49-23-11-4-12-24-49)52-38-39-54-53-25-13-15-27-57(53)61(58(54)42-52,47-19-7-2-8-20-47)48-21-9-3-10-22-48/h1-21,23-42,48,53,57H,22H2/t48?,53-,57-,61?/m0/s1. The summed E-state index contributed by atoms with van der Waals surface area (Å²) in [4.78, 5) is 2.45. The molecule has 4 atom stereocenters. The van der Waals surface area contributed by atoms with Gasteiger partial charge in [0.25, 0.3) is 0 Å². The predicted octanol–water partition coefficient (Wildman–Crippen LogP) is 15.8. The highest BCUT2D eigenvalue weighted by Gasteiger charge is 2.55. The molecule has 3 aliphatic rings. The van der Waals surface area contributed by atoms with E-state index < -0.39 is 0 Å². The van der Waals surface area contributed by atoms with E-state index in [0.29, 0.717) is 17.8 Å². The highest BCUT2D eigenvalue weighted by atomic mass is 15.1. The van der Waals surface area contributed by atoms with Crippen molar-refractivity contribution in [1.82, 2.24) is 4.57 Å². The number of hydrogen-bond acceptors (Lipinski definition) is 1. The Morgan fingerprint density at radius 3 is 1.76 bits per heavy atom. The third-order valence-corrected chi connectivity index (χ3v) is 14.0. The Bertz CT molecular complexity index is 3240. The third-order valence-electron chi connectivity index (χ3n) is 14.0. The number of nitrogens with zero attached hydrogens (tertiary/aromatic N) is 2. The van der Waals surface area contributed by atoms with Gasteiger partial charge in [-0.3, -0.25) is 0 Å². The summed E-state index contributed by atoms with van der Waals surface area (Å²) < 4.78 is 2.38. The Labute approximate surface area is 369 Å². The van der Waals surface area contributed by atoms with Crippen molar-refractivity contribution in [2.45, 2.75) is 17.8 Å². The van der Waals surface area contributed by atoms with E-state index in [1.54, 1.807) is 0 Å². The van der Waals surface area contributed by atoms with Crippen LogP contribution < -0.4 is 4.90 Å². The average molecular weight is 807 g/mol. The Kier molecular flexibility index (Phi) is 9.04. The molecule has 300 valence electrons. The normalized spacial score (nSPS) is 19.7. The molecule has 0 aliphatic heterocycles. The van der Waals surface area contributed by atoms with E-state index >= 15 is 0 Å². The smallest absolute Gasteiger partial charge is 0.0541 e. The van der Waals surface area contributed by atoms with Crippen LogP contribution >= 0.6 is 0 Å². The SMILES string of the molecule is C1=CCC(C2(c3ccccc3)c3cc(N(c4ccc(-c5ccccc5)cc4)c4ccc(-c5ccc6c(c5)c5ccccc5n6-c5ccccc5)cc4)ccc3[C@@H]3C=CC=C[C@@H]32)C=C1. The number of benzene rings is 8. The van der Waals surface area contributed by atoms with Gasteiger partial charge in [0.15, 0.2) is 0 Å². The lowest BCUT2D eigenvalue weighted by Gasteiger charge is -2.44. The lowest BCUT2D eigenvalue weighted by atomic mass is 9.58. The molecule has 0 amide bonds. The lowest BCUT2D eigenvalue weighted by molar-refractivity contribution is 0.301. The zero-order valence-corrected chi connectivity index (χ0v) is 35.0. The molecule has 0 spiro atoms. The van der Waals surface area contributed by atoms with E-state index in [9.17, 15) is 0 Å². The molecule has 12 rings (SSSR count). The van der Waals surface area contributed by atoms with Crippen molar-refractivity contribution >= 4 is 38.9 Å². The van der Waals surface area contributed by atoms with Crippen molar-refractivity contribution in [3.05, 3.63) is 265 Å². The number of allylic oxidation sites excluding steroid dienone is 8. The Hall–Kier alpha value is -7.68. The van der Waals surface area contributed by atoms with E-state index in [0.717, 1.165) is 23.5 Å². The number of aromatic nitrogens is 1. The fourth-order valence-electron chi connectivity index (χ4n) is 11.2. The molecule has 1 heterocycles. The van der Waals surface area contributed by atoms with Crippen LogP contribution in [-0.4, -0.2) is 4.57 Å². The minimum atomic E-state index is -0.241. The molecule has 3 aliphatic carbocycles. The zero-order valence-electron chi connectivity index (χ0n) is 35.0. The summed E-state index contributed by atoms with van der Waals surface area (Å²) in [5.74, 6) is 0.908. The van der Waals surface area contributed by atoms with E-state index in [1.807, 2.05) is 0 Å². The van der Waals surface area contributed by atoms with E-state index in [2.05, 4.69) is 258 Å². The van der Waals surface area contributed by atoms with Gasteiger partial charge in [0.1, 0.15) is 0 Å². The molecular formula is C61H46N2. The van der Waals surface area contributed by atoms with Gasteiger partial charge in [-0.05, 0) is 118 Å². The topological polar surface area (TPSA) is 8.17 Å². The van der Waals surface area contributed by atoms with Crippen molar-refractivity contribution in [2.24, 2.45) is 11.8 Å². The first-order valence-electron chi connectivity index (χ1n) is 22.3. The summed E-state index contributed by atoms with van der Waals surface area (Å²) in [5, 5.41) is 2.51. The highest BCUT2D eigenvalue weighted by molar-refractivity contribution is 6.10. The molecule has 0 saturated carbocycles. The summed E-state index contributed by atoms with van der Waals surface area (Å²) >= 11 is 0. The van der Waals surface area contributed by atoms with E-state index in [-0.39, 0.29) is 5.41 Å². The van der Waals surface area contributed by atoms with Gasteiger partial charge >= 0.3 is 0 Å². The molecule has 63 heavy (non-hydrogen) atoms. The van der Waals surface area contributed by atoms with Crippen LogP contribution in [0, 0.1) is 11.8 Å². The number of rotatable bonds is 8. The second kappa shape index (κ2) is 15.3. The first-order chi connectivity index (χ1) is 31.3. The maximum Gasteiger partial charge on any atom is 0.0541 e. The summed E-state index contributed by atoms with van der Waals surface area (Å²) in [6.45, 7) is 0. The Morgan fingerprint density at radius 2 is 1.03 bits per heavy atom. The number of anilines is 3. The fraction of sp³-hybridized carbons (Fsp3) is 0.0820. The highest BCUT2D eigenvalue weighted by Crippen LogP contribution is 2.62. The van der Waals surface area contributed by atoms with Gasteiger partial charge < -0.3 is 9.47 Å². The number of hydrogen-bond donors (Lipinski definition) is 0. The van der Waals surface area contributed by atoms with Crippen molar-refractivity contribution in [2.75, 3.05) is 4.90 Å². The summed E-state index contributed by atoms with van der Waals surface area (Å²) in [7, 11) is 0. The van der Waals surface area contributed by atoms with Gasteiger partial charge in [0.2, 0.25) is 0 Å². The molecule has 2 nitrogen and oxygen atoms in total. The molecule has 1 aromatic heterocycles. The molecule has 0 fully saturated rings. The van der Waals surface area contributed by atoms with Crippen molar-refractivity contribution in [3.8, 4) is 27.9 Å². The number of fused-ring (bicyclic) bond motifs is 6. The van der Waals surface area contributed by atoms with Crippen molar-refractivity contribution in [3.63, 3.8) is 0 Å². The van der Waals surface area contributed by atoms with Crippen LogP contribution in [0.5, 0.6) is 0 Å². The second-order valence-corrected chi connectivity index (χ2v) is 17.2. The lowest BCUT2D eigenvalue weighted by Crippen LogP contribution is -2.40. The predicted molar refractivity (Wildman–Crippen MR) is 264 cm³/mol. The van der Waals surface area contributed by atoms with Crippen LogP contribution in [-0.2, 0) is 5.41 Å².